The molecule has 0 fully saturated rings. The second kappa shape index (κ2) is 7.76. The van der Waals surface area contributed by atoms with Crippen molar-refractivity contribution in [1.29, 1.82) is 0 Å². The SMILES string of the molecule is CCN(CC)CC(=O)c1ccc(Oc2ccccc2)cc1C. The van der Waals surface area contributed by atoms with Crippen LogP contribution in [-0.2, 0) is 0 Å². The molecule has 0 aliphatic carbocycles. The third kappa shape index (κ3) is 4.18. The lowest BCUT2D eigenvalue weighted by atomic mass is 10.0. The van der Waals surface area contributed by atoms with Crippen molar-refractivity contribution in [3.63, 3.8) is 0 Å². The minimum atomic E-state index is 0.160. The van der Waals surface area contributed by atoms with Crippen LogP contribution in [0.25, 0.3) is 0 Å². The molecule has 2 aromatic carbocycles. The number of rotatable bonds is 7. The van der Waals surface area contributed by atoms with Crippen molar-refractivity contribution >= 4 is 5.78 Å². The van der Waals surface area contributed by atoms with Gasteiger partial charge in [-0.2, -0.15) is 0 Å². The van der Waals surface area contributed by atoms with Gasteiger partial charge in [0.15, 0.2) is 5.78 Å². The van der Waals surface area contributed by atoms with Gasteiger partial charge in [0.25, 0.3) is 0 Å². The number of carbonyl (C=O) groups is 1. The van der Waals surface area contributed by atoms with Crippen LogP contribution >= 0.6 is 0 Å². The Balaban J connectivity index is 2.11. The molecular weight excluding hydrogens is 274 g/mol. The highest BCUT2D eigenvalue weighted by Gasteiger charge is 2.13. The van der Waals surface area contributed by atoms with Gasteiger partial charge in [0.05, 0.1) is 6.54 Å². The Bertz CT molecular complexity index is 619. The fourth-order valence-electron chi connectivity index (χ4n) is 2.37. The quantitative estimate of drug-likeness (QED) is 0.713. The van der Waals surface area contributed by atoms with E-state index < -0.39 is 0 Å². The summed E-state index contributed by atoms with van der Waals surface area (Å²) in [4.78, 5) is 14.5. The lowest BCUT2D eigenvalue weighted by Crippen LogP contribution is -2.29. The number of benzene rings is 2. The number of ketones is 1. The van der Waals surface area contributed by atoms with Gasteiger partial charge in [-0.1, -0.05) is 32.0 Å². The van der Waals surface area contributed by atoms with Crippen molar-refractivity contribution in [3.8, 4) is 11.5 Å². The molecule has 116 valence electrons. The molecule has 0 heterocycles. The molecule has 0 amide bonds. The summed E-state index contributed by atoms with van der Waals surface area (Å²) < 4.78 is 5.80. The first-order chi connectivity index (χ1) is 10.6. The van der Waals surface area contributed by atoms with Crippen molar-refractivity contribution in [2.24, 2.45) is 0 Å². The smallest absolute Gasteiger partial charge is 0.177 e. The van der Waals surface area contributed by atoms with Gasteiger partial charge in [-0.15, -0.1) is 0 Å². The highest BCUT2D eigenvalue weighted by molar-refractivity contribution is 5.99. The summed E-state index contributed by atoms with van der Waals surface area (Å²) in [6.07, 6.45) is 0. The van der Waals surface area contributed by atoms with Crippen molar-refractivity contribution in [2.75, 3.05) is 19.6 Å². The molecule has 0 radical (unpaired) electrons. The van der Waals surface area contributed by atoms with E-state index >= 15 is 0 Å². The number of aryl methyl sites for hydroxylation is 1. The number of ether oxygens (including phenoxy) is 1. The predicted molar refractivity (Wildman–Crippen MR) is 89.8 cm³/mol. The minimum Gasteiger partial charge on any atom is -0.457 e. The molecule has 3 nitrogen and oxygen atoms in total. The molecule has 0 aliphatic heterocycles. The van der Waals surface area contributed by atoms with Crippen LogP contribution in [0.2, 0.25) is 0 Å². The zero-order valence-corrected chi connectivity index (χ0v) is 13.5. The number of hydrogen-bond donors (Lipinski definition) is 0. The van der Waals surface area contributed by atoms with E-state index in [2.05, 4.69) is 18.7 Å². The molecule has 0 atom stereocenters. The van der Waals surface area contributed by atoms with E-state index in [9.17, 15) is 4.79 Å². The summed E-state index contributed by atoms with van der Waals surface area (Å²) in [7, 11) is 0. The highest BCUT2D eigenvalue weighted by Crippen LogP contribution is 2.23. The second-order valence-corrected chi connectivity index (χ2v) is 5.28. The molecule has 2 rings (SSSR count). The third-order valence-corrected chi connectivity index (χ3v) is 3.74. The molecule has 0 saturated heterocycles. The van der Waals surface area contributed by atoms with Crippen molar-refractivity contribution < 1.29 is 9.53 Å². The summed E-state index contributed by atoms with van der Waals surface area (Å²) in [5, 5.41) is 0. The molecule has 0 saturated carbocycles. The highest BCUT2D eigenvalue weighted by atomic mass is 16.5. The monoisotopic (exact) mass is 297 g/mol. The van der Waals surface area contributed by atoms with E-state index in [4.69, 9.17) is 4.74 Å². The lowest BCUT2D eigenvalue weighted by Gasteiger charge is -2.17. The van der Waals surface area contributed by atoms with Gasteiger partial charge in [-0.25, -0.2) is 0 Å². The Morgan fingerprint density at radius 1 is 1.00 bits per heavy atom. The summed E-state index contributed by atoms with van der Waals surface area (Å²) >= 11 is 0. The first kappa shape index (κ1) is 16.2. The standard InChI is InChI=1S/C19H23NO2/c1-4-20(5-2)14-19(21)18-12-11-17(13-15(18)3)22-16-9-7-6-8-10-16/h6-13H,4-5,14H2,1-3H3. The van der Waals surface area contributed by atoms with E-state index in [1.807, 2.05) is 55.5 Å². The van der Waals surface area contributed by atoms with Gasteiger partial charge in [0, 0.05) is 5.56 Å². The molecule has 2 aromatic rings. The number of para-hydroxylation sites is 1. The Morgan fingerprint density at radius 3 is 2.27 bits per heavy atom. The van der Waals surface area contributed by atoms with Crippen LogP contribution < -0.4 is 4.74 Å². The van der Waals surface area contributed by atoms with Crippen LogP contribution in [0.1, 0.15) is 29.8 Å². The second-order valence-electron chi connectivity index (χ2n) is 5.28. The molecule has 0 aromatic heterocycles. The molecule has 0 bridgehead atoms. The average molecular weight is 297 g/mol. The molecule has 22 heavy (non-hydrogen) atoms. The minimum absolute atomic E-state index is 0.160. The maximum atomic E-state index is 12.4. The Kier molecular flexibility index (Phi) is 5.73. The number of carbonyl (C=O) groups excluding carboxylic acids is 1. The maximum Gasteiger partial charge on any atom is 0.177 e. The summed E-state index contributed by atoms with van der Waals surface area (Å²) in [5.74, 6) is 1.71. The van der Waals surface area contributed by atoms with E-state index in [0.717, 1.165) is 35.7 Å². The Hall–Kier alpha value is -2.13. The van der Waals surface area contributed by atoms with Crippen LogP contribution in [0.3, 0.4) is 0 Å². The fraction of sp³-hybridized carbons (Fsp3) is 0.316. The molecular formula is C19H23NO2. The number of likely N-dealkylation sites (N-methyl/N-ethyl adjacent to an activating group) is 1. The lowest BCUT2D eigenvalue weighted by molar-refractivity contribution is 0.0937. The first-order valence-corrected chi connectivity index (χ1v) is 7.73. The Morgan fingerprint density at radius 2 is 1.68 bits per heavy atom. The molecule has 3 heteroatoms. The zero-order chi connectivity index (χ0) is 15.9. The summed E-state index contributed by atoms with van der Waals surface area (Å²) in [5.41, 5.74) is 1.72. The number of Topliss-reactive ketones (excluding diaryl/α,β-unsaturated/α-hetero) is 1. The number of hydrogen-bond acceptors (Lipinski definition) is 3. The summed E-state index contributed by atoms with van der Waals surface area (Å²) in [6, 6.07) is 15.3. The molecule has 0 aliphatic rings. The van der Waals surface area contributed by atoms with Gasteiger partial charge < -0.3 is 4.74 Å². The largest absolute Gasteiger partial charge is 0.457 e. The van der Waals surface area contributed by atoms with Gasteiger partial charge in [0.1, 0.15) is 11.5 Å². The van der Waals surface area contributed by atoms with E-state index in [0.29, 0.717) is 6.54 Å². The van der Waals surface area contributed by atoms with Gasteiger partial charge in [-0.3, -0.25) is 9.69 Å². The topological polar surface area (TPSA) is 29.5 Å². The molecule has 0 unspecified atom stereocenters. The van der Waals surface area contributed by atoms with E-state index in [-0.39, 0.29) is 5.78 Å². The zero-order valence-electron chi connectivity index (χ0n) is 13.5. The van der Waals surface area contributed by atoms with E-state index in [1.54, 1.807) is 0 Å². The van der Waals surface area contributed by atoms with Gasteiger partial charge >= 0.3 is 0 Å². The van der Waals surface area contributed by atoms with Gasteiger partial charge in [-0.05, 0) is 55.9 Å². The molecule has 0 spiro atoms. The van der Waals surface area contributed by atoms with Gasteiger partial charge in [0.2, 0.25) is 0 Å². The van der Waals surface area contributed by atoms with Crippen molar-refractivity contribution in [2.45, 2.75) is 20.8 Å². The van der Waals surface area contributed by atoms with Crippen LogP contribution in [0, 0.1) is 6.92 Å². The van der Waals surface area contributed by atoms with Crippen molar-refractivity contribution in [1.82, 2.24) is 4.90 Å². The van der Waals surface area contributed by atoms with Crippen LogP contribution in [0.15, 0.2) is 48.5 Å². The van der Waals surface area contributed by atoms with Crippen LogP contribution in [0.4, 0.5) is 0 Å². The average Bonchev–Trinajstić information content (AvgIpc) is 2.53. The number of nitrogens with zero attached hydrogens (tertiary/aromatic N) is 1. The summed E-state index contributed by atoms with van der Waals surface area (Å²) in [6.45, 7) is 8.33. The van der Waals surface area contributed by atoms with Crippen molar-refractivity contribution in [3.05, 3.63) is 59.7 Å². The Labute approximate surface area is 132 Å². The maximum absolute atomic E-state index is 12.4. The molecule has 0 N–H and O–H groups in total. The van der Waals surface area contributed by atoms with E-state index in [1.165, 1.54) is 0 Å². The van der Waals surface area contributed by atoms with Crippen LogP contribution in [-0.4, -0.2) is 30.3 Å². The van der Waals surface area contributed by atoms with Crippen LogP contribution in [0.5, 0.6) is 11.5 Å². The normalized spacial score (nSPS) is 10.7. The fourth-order valence-corrected chi connectivity index (χ4v) is 2.37. The third-order valence-electron chi connectivity index (χ3n) is 3.74. The predicted octanol–water partition coefficient (Wildman–Crippen LogP) is 4.31. The first-order valence-electron chi connectivity index (χ1n) is 7.73.